The second kappa shape index (κ2) is 7.82. The Hall–Kier alpha value is -1.29. The third kappa shape index (κ3) is 3.92. The van der Waals surface area contributed by atoms with Gasteiger partial charge in [-0.2, -0.15) is 0 Å². The van der Waals surface area contributed by atoms with Gasteiger partial charge in [-0.3, -0.25) is 4.79 Å². The van der Waals surface area contributed by atoms with Crippen LogP contribution in [0.3, 0.4) is 0 Å². The van der Waals surface area contributed by atoms with E-state index in [1.165, 1.54) is 37.8 Å². The third-order valence-electron chi connectivity index (χ3n) is 4.90. The molecule has 1 aromatic rings. The zero-order valence-corrected chi connectivity index (χ0v) is 14.2. The van der Waals surface area contributed by atoms with Crippen LogP contribution in [-0.2, 0) is 0 Å². The number of hydrogen-bond donors (Lipinski definition) is 2. The number of carbonyl (C=O) groups excluding carboxylic acids is 1. The largest absolute Gasteiger partial charge is 0.396 e. The molecule has 1 atom stereocenters. The van der Waals surface area contributed by atoms with Crippen LogP contribution in [0.25, 0.3) is 0 Å². The lowest BCUT2D eigenvalue weighted by molar-refractivity contribution is 0.0944. The molecule has 1 heterocycles. The highest BCUT2D eigenvalue weighted by atomic mass is 16.3. The quantitative estimate of drug-likeness (QED) is 0.846. The van der Waals surface area contributed by atoms with Crippen LogP contribution < -0.4 is 5.32 Å². The van der Waals surface area contributed by atoms with E-state index in [1.54, 1.807) is 0 Å². The Bertz CT molecular complexity index is 501. The monoisotopic (exact) mass is 306 g/mol. The molecule has 1 aromatic heterocycles. The molecule has 124 valence electrons. The molecule has 0 aliphatic heterocycles. The summed E-state index contributed by atoms with van der Waals surface area (Å²) in [7, 11) is 0. The molecule has 0 saturated heterocycles. The number of nitrogens with zero attached hydrogens (tertiary/aromatic N) is 1. The fourth-order valence-electron chi connectivity index (χ4n) is 3.59. The van der Waals surface area contributed by atoms with Crippen LogP contribution in [-0.4, -0.2) is 28.7 Å². The lowest BCUT2D eigenvalue weighted by atomic mass is 9.95. The Morgan fingerprint density at radius 2 is 2.05 bits per heavy atom. The van der Waals surface area contributed by atoms with Gasteiger partial charge in [0.25, 0.3) is 5.91 Å². The summed E-state index contributed by atoms with van der Waals surface area (Å²) in [6.07, 6.45) is 7.10. The Labute approximate surface area is 133 Å². The van der Waals surface area contributed by atoms with Crippen molar-refractivity contribution in [1.29, 1.82) is 0 Å². The lowest BCUT2D eigenvalue weighted by Crippen LogP contribution is -2.29. The van der Waals surface area contributed by atoms with Gasteiger partial charge in [0, 0.05) is 30.6 Å². The summed E-state index contributed by atoms with van der Waals surface area (Å²) < 4.78 is 2.37. The molecule has 1 unspecified atom stereocenters. The van der Waals surface area contributed by atoms with Crippen molar-refractivity contribution in [2.75, 3.05) is 13.2 Å². The van der Waals surface area contributed by atoms with Crippen molar-refractivity contribution in [2.45, 2.75) is 65.3 Å². The molecule has 4 heteroatoms. The maximum Gasteiger partial charge on any atom is 0.253 e. The molecule has 22 heavy (non-hydrogen) atoms. The van der Waals surface area contributed by atoms with Gasteiger partial charge in [-0.1, -0.05) is 26.2 Å². The minimum atomic E-state index is 0.0138. The van der Waals surface area contributed by atoms with E-state index in [9.17, 15) is 4.79 Å². The third-order valence-corrected chi connectivity index (χ3v) is 4.90. The maximum absolute atomic E-state index is 12.4. The second-order valence-electron chi connectivity index (χ2n) is 6.77. The molecule has 1 fully saturated rings. The first-order valence-electron chi connectivity index (χ1n) is 8.62. The molecule has 1 aliphatic rings. The number of aliphatic hydroxyl groups is 1. The fraction of sp³-hybridized carbons (Fsp3) is 0.722. The molecule has 1 aliphatic carbocycles. The Balaban J connectivity index is 2.06. The van der Waals surface area contributed by atoms with Gasteiger partial charge < -0.3 is 15.0 Å². The molecule has 0 spiro atoms. The highest BCUT2D eigenvalue weighted by Gasteiger charge is 2.22. The zero-order chi connectivity index (χ0) is 16.1. The number of aliphatic hydroxyl groups excluding tert-OH is 1. The van der Waals surface area contributed by atoms with Crippen LogP contribution >= 0.6 is 0 Å². The molecule has 4 nitrogen and oxygen atoms in total. The van der Waals surface area contributed by atoms with Gasteiger partial charge >= 0.3 is 0 Å². The van der Waals surface area contributed by atoms with E-state index in [0.29, 0.717) is 18.5 Å². The van der Waals surface area contributed by atoms with Crippen LogP contribution in [0, 0.1) is 19.8 Å². The summed E-state index contributed by atoms with van der Waals surface area (Å²) in [5, 5.41) is 11.9. The molecule has 2 N–H and O–H groups in total. The summed E-state index contributed by atoms with van der Waals surface area (Å²) >= 11 is 0. The van der Waals surface area contributed by atoms with E-state index in [2.05, 4.69) is 23.7 Å². The van der Waals surface area contributed by atoms with Crippen molar-refractivity contribution in [2.24, 2.45) is 5.92 Å². The van der Waals surface area contributed by atoms with Crippen LogP contribution in [0.2, 0.25) is 0 Å². The van der Waals surface area contributed by atoms with Gasteiger partial charge in [-0.15, -0.1) is 0 Å². The molecule has 0 bridgehead atoms. The van der Waals surface area contributed by atoms with Crippen LogP contribution in [0.1, 0.15) is 73.2 Å². The van der Waals surface area contributed by atoms with Gasteiger partial charge in [0.2, 0.25) is 0 Å². The van der Waals surface area contributed by atoms with Crippen molar-refractivity contribution in [3.8, 4) is 0 Å². The van der Waals surface area contributed by atoms with Crippen molar-refractivity contribution in [3.63, 3.8) is 0 Å². The van der Waals surface area contributed by atoms with Crippen LogP contribution in [0.5, 0.6) is 0 Å². The molecule has 0 aromatic carbocycles. The molecular weight excluding hydrogens is 276 g/mol. The normalized spacial score (nSPS) is 17.5. The van der Waals surface area contributed by atoms with Crippen molar-refractivity contribution < 1.29 is 9.90 Å². The van der Waals surface area contributed by atoms with Crippen LogP contribution in [0.4, 0.5) is 0 Å². The summed E-state index contributed by atoms with van der Waals surface area (Å²) in [6.45, 7) is 7.00. The van der Waals surface area contributed by atoms with Gasteiger partial charge in [0.1, 0.15) is 0 Å². The minimum Gasteiger partial charge on any atom is -0.396 e. The average Bonchev–Trinajstić information content (AvgIpc) is 2.81. The van der Waals surface area contributed by atoms with Gasteiger partial charge in [-0.05, 0) is 45.1 Å². The van der Waals surface area contributed by atoms with E-state index < -0.39 is 0 Å². The number of aromatic nitrogens is 1. The van der Waals surface area contributed by atoms with Crippen molar-refractivity contribution in [3.05, 3.63) is 23.0 Å². The highest BCUT2D eigenvalue weighted by Crippen LogP contribution is 2.32. The predicted molar refractivity (Wildman–Crippen MR) is 89.2 cm³/mol. The maximum atomic E-state index is 12.4. The SMILES string of the molecule is Cc1cc(C(=O)NCC(C)CCO)c(C)n1C1CCCCC1. The van der Waals surface area contributed by atoms with E-state index in [1.807, 2.05) is 13.0 Å². The first-order chi connectivity index (χ1) is 10.5. The van der Waals surface area contributed by atoms with E-state index in [4.69, 9.17) is 5.11 Å². The summed E-state index contributed by atoms with van der Waals surface area (Å²) in [5.41, 5.74) is 3.09. The van der Waals surface area contributed by atoms with Gasteiger partial charge in [0.05, 0.1) is 5.56 Å². The number of rotatable bonds is 6. The second-order valence-corrected chi connectivity index (χ2v) is 6.77. The summed E-state index contributed by atoms with van der Waals surface area (Å²) in [5.74, 6) is 0.315. The minimum absolute atomic E-state index is 0.0138. The number of aryl methyl sites for hydroxylation is 1. The first-order valence-corrected chi connectivity index (χ1v) is 8.62. The summed E-state index contributed by atoms with van der Waals surface area (Å²) in [4.78, 5) is 12.4. The van der Waals surface area contributed by atoms with Gasteiger partial charge in [0.15, 0.2) is 0 Å². The van der Waals surface area contributed by atoms with Crippen LogP contribution in [0.15, 0.2) is 6.07 Å². The molecular formula is C18H30N2O2. The summed E-state index contributed by atoms with van der Waals surface area (Å²) in [6, 6.07) is 2.58. The average molecular weight is 306 g/mol. The van der Waals surface area contributed by atoms with E-state index in [0.717, 1.165) is 17.7 Å². The Morgan fingerprint density at radius 3 is 2.68 bits per heavy atom. The van der Waals surface area contributed by atoms with Crippen molar-refractivity contribution in [1.82, 2.24) is 9.88 Å². The molecule has 2 rings (SSSR count). The van der Waals surface area contributed by atoms with E-state index in [-0.39, 0.29) is 12.5 Å². The molecule has 1 saturated carbocycles. The predicted octanol–water partition coefficient (Wildman–Crippen LogP) is 3.36. The highest BCUT2D eigenvalue weighted by molar-refractivity contribution is 5.95. The molecule has 0 radical (unpaired) electrons. The fourth-order valence-corrected chi connectivity index (χ4v) is 3.59. The Morgan fingerprint density at radius 1 is 1.36 bits per heavy atom. The standard InChI is InChI=1S/C18H30N2O2/c1-13(9-10-21)12-19-18(22)17-11-14(2)20(15(17)3)16-7-5-4-6-8-16/h11,13,16,21H,4-10,12H2,1-3H3,(H,19,22). The first kappa shape index (κ1) is 17.1. The topological polar surface area (TPSA) is 54.3 Å². The lowest BCUT2D eigenvalue weighted by Gasteiger charge is -2.26. The van der Waals surface area contributed by atoms with Gasteiger partial charge in [-0.25, -0.2) is 0 Å². The van der Waals surface area contributed by atoms with E-state index >= 15 is 0 Å². The number of carbonyl (C=O) groups is 1. The smallest absolute Gasteiger partial charge is 0.253 e. The number of hydrogen-bond acceptors (Lipinski definition) is 2. The number of nitrogens with one attached hydrogen (secondary N) is 1. The molecule has 1 amide bonds. The van der Waals surface area contributed by atoms with Crippen molar-refractivity contribution >= 4 is 5.91 Å². The zero-order valence-electron chi connectivity index (χ0n) is 14.2. The Kier molecular flexibility index (Phi) is 6.07. The number of amides is 1.